The van der Waals surface area contributed by atoms with Crippen molar-refractivity contribution in [2.75, 3.05) is 13.1 Å². The molecule has 0 bridgehead atoms. The second-order valence-corrected chi connectivity index (χ2v) is 5.45. The third-order valence-corrected chi connectivity index (χ3v) is 4.19. The SMILES string of the molecule is c1cnc2c(c1)nc(C1CCCN1)n2C1CCCN1. The van der Waals surface area contributed by atoms with Crippen molar-refractivity contribution in [3.8, 4) is 0 Å². The maximum atomic E-state index is 4.84. The molecular formula is C14H19N5. The lowest BCUT2D eigenvalue weighted by Crippen LogP contribution is -2.25. The van der Waals surface area contributed by atoms with Crippen molar-refractivity contribution >= 4 is 11.2 Å². The third-order valence-electron chi connectivity index (χ3n) is 4.19. The smallest absolute Gasteiger partial charge is 0.161 e. The van der Waals surface area contributed by atoms with Gasteiger partial charge in [-0.05, 0) is 50.9 Å². The van der Waals surface area contributed by atoms with E-state index in [0.29, 0.717) is 12.2 Å². The van der Waals surface area contributed by atoms with Crippen molar-refractivity contribution in [3.63, 3.8) is 0 Å². The van der Waals surface area contributed by atoms with Crippen molar-refractivity contribution in [3.05, 3.63) is 24.2 Å². The molecule has 2 fully saturated rings. The molecule has 0 amide bonds. The Hall–Kier alpha value is -1.46. The molecule has 2 unspecified atom stereocenters. The van der Waals surface area contributed by atoms with Crippen LogP contribution in [-0.4, -0.2) is 27.6 Å². The molecule has 2 N–H and O–H groups in total. The van der Waals surface area contributed by atoms with Gasteiger partial charge in [-0.25, -0.2) is 9.97 Å². The Morgan fingerprint density at radius 2 is 2.05 bits per heavy atom. The lowest BCUT2D eigenvalue weighted by Gasteiger charge is -2.19. The van der Waals surface area contributed by atoms with Gasteiger partial charge in [-0.2, -0.15) is 0 Å². The van der Waals surface area contributed by atoms with Crippen LogP contribution >= 0.6 is 0 Å². The van der Waals surface area contributed by atoms with Gasteiger partial charge in [0, 0.05) is 6.20 Å². The monoisotopic (exact) mass is 257 g/mol. The number of imidazole rings is 1. The fourth-order valence-electron chi connectivity index (χ4n) is 3.29. The van der Waals surface area contributed by atoms with Crippen LogP contribution in [0.3, 0.4) is 0 Å². The first kappa shape index (κ1) is 11.4. The molecule has 5 heteroatoms. The van der Waals surface area contributed by atoms with E-state index >= 15 is 0 Å². The molecule has 2 saturated heterocycles. The van der Waals surface area contributed by atoms with E-state index in [4.69, 9.17) is 4.98 Å². The van der Waals surface area contributed by atoms with Gasteiger partial charge in [0.1, 0.15) is 11.3 Å². The second-order valence-electron chi connectivity index (χ2n) is 5.45. The van der Waals surface area contributed by atoms with Crippen molar-refractivity contribution in [1.82, 2.24) is 25.2 Å². The molecule has 2 aromatic heterocycles. The number of pyridine rings is 1. The summed E-state index contributed by atoms with van der Waals surface area (Å²) >= 11 is 0. The first-order chi connectivity index (χ1) is 9.43. The molecule has 5 nitrogen and oxygen atoms in total. The highest BCUT2D eigenvalue weighted by Crippen LogP contribution is 2.30. The molecule has 2 atom stereocenters. The van der Waals surface area contributed by atoms with Gasteiger partial charge in [-0.1, -0.05) is 0 Å². The predicted molar refractivity (Wildman–Crippen MR) is 73.8 cm³/mol. The molecule has 0 radical (unpaired) electrons. The summed E-state index contributed by atoms with van der Waals surface area (Å²) in [5.41, 5.74) is 2.03. The topological polar surface area (TPSA) is 54.8 Å². The molecule has 4 heterocycles. The Labute approximate surface area is 112 Å². The van der Waals surface area contributed by atoms with Gasteiger partial charge >= 0.3 is 0 Å². The van der Waals surface area contributed by atoms with Crippen molar-refractivity contribution in [2.45, 2.75) is 37.9 Å². The number of fused-ring (bicyclic) bond motifs is 1. The van der Waals surface area contributed by atoms with Crippen LogP contribution in [-0.2, 0) is 0 Å². The van der Waals surface area contributed by atoms with Gasteiger partial charge in [0.05, 0.1) is 12.2 Å². The minimum Gasteiger partial charge on any atom is -0.307 e. The Bertz CT molecular complexity index is 579. The summed E-state index contributed by atoms with van der Waals surface area (Å²) in [4.78, 5) is 9.39. The largest absolute Gasteiger partial charge is 0.307 e. The minimum absolute atomic E-state index is 0.359. The fraction of sp³-hybridized carbons (Fsp3) is 0.571. The van der Waals surface area contributed by atoms with E-state index < -0.39 is 0 Å². The normalized spacial score (nSPS) is 27.4. The molecule has 2 aliphatic heterocycles. The summed E-state index contributed by atoms with van der Waals surface area (Å²) in [6.45, 7) is 2.19. The highest BCUT2D eigenvalue weighted by atomic mass is 15.3. The van der Waals surface area contributed by atoms with Crippen LogP contribution in [0.5, 0.6) is 0 Å². The van der Waals surface area contributed by atoms with Crippen molar-refractivity contribution in [1.29, 1.82) is 0 Å². The van der Waals surface area contributed by atoms with Gasteiger partial charge in [-0.3, -0.25) is 9.88 Å². The first-order valence-corrected chi connectivity index (χ1v) is 7.23. The quantitative estimate of drug-likeness (QED) is 0.860. The molecule has 0 aromatic carbocycles. The van der Waals surface area contributed by atoms with Gasteiger partial charge in [-0.15, -0.1) is 0 Å². The van der Waals surface area contributed by atoms with Crippen LogP contribution in [0.15, 0.2) is 18.3 Å². The molecule has 100 valence electrons. The van der Waals surface area contributed by atoms with Crippen LogP contribution in [0.4, 0.5) is 0 Å². The standard InChI is InChI=1S/C14H19N5/c1-4-10(15-7-1)14-18-11-5-2-9-17-13(11)19(14)12-6-3-8-16-12/h2,5,9-10,12,15-16H,1,3-4,6-8H2. The Morgan fingerprint density at radius 1 is 1.16 bits per heavy atom. The highest BCUT2D eigenvalue weighted by molar-refractivity contribution is 5.71. The molecule has 0 saturated carbocycles. The van der Waals surface area contributed by atoms with Crippen LogP contribution in [0.25, 0.3) is 11.2 Å². The second kappa shape index (κ2) is 4.58. The summed E-state index contributed by atoms with van der Waals surface area (Å²) in [6.07, 6.45) is 7.03. The first-order valence-electron chi connectivity index (χ1n) is 7.23. The number of aromatic nitrogens is 3. The molecular weight excluding hydrogens is 238 g/mol. The molecule has 0 aliphatic carbocycles. The zero-order chi connectivity index (χ0) is 12.7. The Balaban J connectivity index is 1.87. The van der Waals surface area contributed by atoms with E-state index in [1.807, 2.05) is 12.3 Å². The van der Waals surface area contributed by atoms with Gasteiger partial charge in [0.2, 0.25) is 0 Å². The minimum atomic E-state index is 0.359. The third kappa shape index (κ3) is 1.84. The van der Waals surface area contributed by atoms with Gasteiger partial charge in [0.25, 0.3) is 0 Å². The van der Waals surface area contributed by atoms with E-state index in [-0.39, 0.29) is 0 Å². The fourth-order valence-corrected chi connectivity index (χ4v) is 3.29. The van der Waals surface area contributed by atoms with E-state index in [9.17, 15) is 0 Å². The maximum Gasteiger partial charge on any atom is 0.161 e. The maximum absolute atomic E-state index is 4.84. The Morgan fingerprint density at radius 3 is 2.84 bits per heavy atom. The van der Waals surface area contributed by atoms with E-state index in [1.165, 1.54) is 25.7 Å². The van der Waals surface area contributed by atoms with E-state index in [2.05, 4.69) is 26.3 Å². The van der Waals surface area contributed by atoms with Gasteiger partial charge < -0.3 is 5.32 Å². The average molecular weight is 257 g/mol. The highest BCUT2D eigenvalue weighted by Gasteiger charge is 2.28. The van der Waals surface area contributed by atoms with Crippen LogP contribution in [0, 0.1) is 0 Å². The number of nitrogens with one attached hydrogen (secondary N) is 2. The number of nitrogens with zero attached hydrogens (tertiary/aromatic N) is 3. The molecule has 2 aromatic rings. The average Bonchev–Trinajstić information content (AvgIpc) is 3.17. The zero-order valence-corrected chi connectivity index (χ0v) is 11.0. The van der Waals surface area contributed by atoms with Crippen LogP contribution in [0.2, 0.25) is 0 Å². The van der Waals surface area contributed by atoms with E-state index in [1.54, 1.807) is 0 Å². The lowest BCUT2D eigenvalue weighted by molar-refractivity contribution is 0.437. The summed E-state index contributed by atoms with van der Waals surface area (Å²) in [6, 6.07) is 4.41. The molecule has 19 heavy (non-hydrogen) atoms. The number of rotatable bonds is 2. The molecule has 0 spiro atoms. The predicted octanol–water partition coefficient (Wildman–Crippen LogP) is 1.74. The summed E-state index contributed by atoms with van der Waals surface area (Å²) < 4.78 is 2.32. The molecule has 4 rings (SSSR count). The van der Waals surface area contributed by atoms with Crippen molar-refractivity contribution < 1.29 is 0 Å². The van der Waals surface area contributed by atoms with Crippen molar-refractivity contribution in [2.24, 2.45) is 0 Å². The number of hydrogen-bond acceptors (Lipinski definition) is 4. The zero-order valence-electron chi connectivity index (χ0n) is 11.0. The van der Waals surface area contributed by atoms with Gasteiger partial charge in [0.15, 0.2) is 5.65 Å². The summed E-state index contributed by atoms with van der Waals surface area (Å²) in [7, 11) is 0. The van der Waals surface area contributed by atoms with Crippen LogP contribution in [0.1, 0.15) is 43.7 Å². The van der Waals surface area contributed by atoms with E-state index in [0.717, 1.165) is 30.1 Å². The summed E-state index contributed by atoms with van der Waals surface area (Å²) in [5, 5.41) is 7.13. The van der Waals surface area contributed by atoms with Crippen LogP contribution < -0.4 is 10.6 Å². The number of hydrogen-bond donors (Lipinski definition) is 2. The Kier molecular flexibility index (Phi) is 2.74. The summed E-state index contributed by atoms with van der Waals surface area (Å²) in [5.74, 6) is 1.16. The molecule has 2 aliphatic rings. The lowest BCUT2D eigenvalue weighted by atomic mass is 10.2.